The van der Waals surface area contributed by atoms with E-state index in [1.807, 2.05) is 18.0 Å². The number of methoxy groups -OCH3 is 1. The van der Waals surface area contributed by atoms with Crippen LogP contribution in [0.4, 0.5) is 5.69 Å². The van der Waals surface area contributed by atoms with Gasteiger partial charge < -0.3 is 24.6 Å². The highest BCUT2D eigenvalue weighted by molar-refractivity contribution is 5.96. The molecule has 0 amide bonds. The van der Waals surface area contributed by atoms with Gasteiger partial charge in [0.2, 0.25) is 0 Å². The molecule has 136 valence electrons. The van der Waals surface area contributed by atoms with Crippen molar-refractivity contribution in [3.63, 3.8) is 0 Å². The molecule has 0 bridgehead atoms. The third kappa shape index (κ3) is 4.11. The zero-order chi connectivity index (χ0) is 18.6. The quantitative estimate of drug-likeness (QED) is 0.760. The van der Waals surface area contributed by atoms with Crippen LogP contribution >= 0.6 is 0 Å². The Morgan fingerprint density at radius 3 is 2.44 bits per heavy atom. The molecule has 7 nitrogen and oxygen atoms in total. The summed E-state index contributed by atoms with van der Waals surface area (Å²) in [6.45, 7) is 7.75. The first kappa shape index (κ1) is 18.8. The van der Waals surface area contributed by atoms with E-state index in [9.17, 15) is 14.7 Å². The van der Waals surface area contributed by atoms with Crippen molar-refractivity contribution in [2.45, 2.75) is 13.8 Å². The van der Waals surface area contributed by atoms with E-state index in [0.717, 1.165) is 37.9 Å². The van der Waals surface area contributed by atoms with Crippen molar-refractivity contribution in [3.05, 3.63) is 34.1 Å². The Hall–Kier alpha value is -2.54. The van der Waals surface area contributed by atoms with Gasteiger partial charge in [-0.25, -0.2) is 4.79 Å². The minimum atomic E-state index is -1.16. The summed E-state index contributed by atoms with van der Waals surface area (Å²) in [5.41, 5.74) is 0.777. The third-order valence-corrected chi connectivity index (χ3v) is 4.42. The molecule has 0 spiro atoms. The van der Waals surface area contributed by atoms with Gasteiger partial charge in [0.15, 0.2) is 5.43 Å². The smallest absolute Gasteiger partial charge is 0.352 e. The summed E-state index contributed by atoms with van der Waals surface area (Å²) in [5.74, 6) is -0.600. The first-order chi connectivity index (χ1) is 11.9. The number of anilines is 1. The molecule has 0 atom stereocenters. The predicted octanol–water partition coefficient (Wildman–Crippen LogP) is 2.01. The number of rotatable bonds is 8. The van der Waals surface area contributed by atoms with E-state index in [1.54, 1.807) is 13.2 Å². The molecule has 0 aliphatic carbocycles. The number of pyridine rings is 1. The van der Waals surface area contributed by atoms with E-state index in [1.165, 1.54) is 0 Å². The molecule has 0 saturated heterocycles. The molecule has 0 saturated carbocycles. The van der Waals surface area contributed by atoms with Crippen LogP contribution in [0.2, 0.25) is 0 Å². The van der Waals surface area contributed by atoms with Gasteiger partial charge >= 0.3 is 5.97 Å². The number of hydrogen-bond donors (Lipinski definition) is 2. The number of fused-ring (bicyclic) bond motifs is 1. The first-order valence-electron chi connectivity index (χ1n) is 8.33. The van der Waals surface area contributed by atoms with Crippen LogP contribution in [-0.4, -0.2) is 61.3 Å². The maximum Gasteiger partial charge on any atom is 0.352 e. The molecule has 0 aliphatic rings. The Bertz CT molecular complexity index is 812. The number of H-pyrrole nitrogens is 1. The molecule has 2 aromatic rings. The lowest BCUT2D eigenvalue weighted by Gasteiger charge is -2.26. The molecule has 1 heterocycles. The fraction of sp³-hybridized carbons (Fsp3) is 0.444. The van der Waals surface area contributed by atoms with Gasteiger partial charge in [0.1, 0.15) is 11.4 Å². The number of carbonyl (C=O) groups is 1. The maximum absolute atomic E-state index is 12.3. The summed E-state index contributed by atoms with van der Waals surface area (Å²) in [5, 5.41) is 9.64. The number of nitrogens with one attached hydrogen (secondary N) is 1. The summed E-state index contributed by atoms with van der Waals surface area (Å²) < 4.78 is 5.31. The fourth-order valence-electron chi connectivity index (χ4n) is 2.79. The highest BCUT2D eigenvalue weighted by Crippen LogP contribution is 2.29. The number of likely N-dealkylation sites (N-methyl/N-ethyl adjacent to an activating group) is 2. The number of ether oxygens (including phenoxy) is 1. The van der Waals surface area contributed by atoms with Crippen molar-refractivity contribution in [1.82, 2.24) is 9.88 Å². The number of aromatic amines is 1. The molecule has 7 heteroatoms. The second-order valence-electron chi connectivity index (χ2n) is 5.87. The Balaban J connectivity index is 2.52. The zero-order valence-electron chi connectivity index (χ0n) is 15.1. The molecule has 0 unspecified atom stereocenters. The monoisotopic (exact) mass is 347 g/mol. The number of hydrogen-bond acceptors (Lipinski definition) is 5. The van der Waals surface area contributed by atoms with Crippen molar-refractivity contribution >= 4 is 22.6 Å². The molecule has 1 aromatic carbocycles. The molecular weight excluding hydrogens is 322 g/mol. The van der Waals surface area contributed by atoms with Gasteiger partial charge in [-0.1, -0.05) is 13.8 Å². The minimum absolute atomic E-state index is 0.124. The predicted molar refractivity (Wildman–Crippen MR) is 99.1 cm³/mol. The molecule has 2 rings (SSSR count). The Kier molecular flexibility index (Phi) is 6.03. The van der Waals surface area contributed by atoms with Crippen LogP contribution in [0, 0.1) is 0 Å². The van der Waals surface area contributed by atoms with Crippen molar-refractivity contribution in [2.75, 3.05) is 45.2 Å². The van der Waals surface area contributed by atoms with Gasteiger partial charge in [-0.05, 0) is 19.2 Å². The second-order valence-corrected chi connectivity index (χ2v) is 5.87. The van der Waals surface area contributed by atoms with Crippen LogP contribution in [0.5, 0.6) is 5.75 Å². The van der Waals surface area contributed by atoms with E-state index in [0.29, 0.717) is 16.7 Å². The Morgan fingerprint density at radius 2 is 1.88 bits per heavy atom. The standard InChI is InChI=1S/C18H25N3O4/c1-5-21(6-2)8-7-20(3)15-10-12(25-4)9-13-16(22)11-14(18(23)24)19-17(13)15/h9-11H,5-8H2,1-4H3,(H,19,22)(H,23,24). The van der Waals surface area contributed by atoms with Crippen LogP contribution in [-0.2, 0) is 0 Å². The molecule has 25 heavy (non-hydrogen) atoms. The van der Waals surface area contributed by atoms with Gasteiger partial charge in [-0.15, -0.1) is 0 Å². The number of carboxylic acids is 1. The van der Waals surface area contributed by atoms with E-state index in [2.05, 4.69) is 23.7 Å². The van der Waals surface area contributed by atoms with E-state index >= 15 is 0 Å². The van der Waals surface area contributed by atoms with Crippen LogP contribution in [0.25, 0.3) is 10.9 Å². The van der Waals surface area contributed by atoms with Crippen molar-refractivity contribution in [3.8, 4) is 5.75 Å². The maximum atomic E-state index is 12.3. The molecule has 0 fully saturated rings. The normalized spacial score (nSPS) is 11.1. The Labute approximate surface area is 146 Å². The molecular formula is C18H25N3O4. The summed E-state index contributed by atoms with van der Waals surface area (Å²) in [4.78, 5) is 30.8. The van der Waals surface area contributed by atoms with E-state index in [-0.39, 0.29) is 11.1 Å². The summed E-state index contributed by atoms with van der Waals surface area (Å²) >= 11 is 0. The van der Waals surface area contributed by atoms with Crippen molar-refractivity contribution in [2.24, 2.45) is 0 Å². The van der Waals surface area contributed by atoms with Crippen molar-refractivity contribution in [1.29, 1.82) is 0 Å². The topological polar surface area (TPSA) is 85.9 Å². The van der Waals surface area contributed by atoms with Crippen molar-refractivity contribution < 1.29 is 14.6 Å². The molecule has 2 N–H and O–H groups in total. The summed E-state index contributed by atoms with van der Waals surface area (Å²) in [6, 6.07) is 4.54. The average molecular weight is 347 g/mol. The highest BCUT2D eigenvalue weighted by Gasteiger charge is 2.15. The summed E-state index contributed by atoms with van der Waals surface area (Å²) in [7, 11) is 3.46. The summed E-state index contributed by atoms with van der Waals surface area (Å²) in [6.07, 6.45) is 0. The lowest BCUT2D eigenvalue weighted by molar-refractivity contribution is 0.0691. The van der Waals surface area contributed by atoms with Crippen LogP contribution in [0.15, 0.2) is 23.0 Å². The van der Waals surface area contributed by atoms with Crippen LogP contribution in [0.3, 0.4) is 0 Å². The second kappa shape index (κ2) is 8.02. The van der Waals surface area contributed by atoms with Crippen LogP contribution in [0.1, 0.15) is 24.3 Å². The molecule has 0 aliphatic heterocycles. The molecule has 0 radical (unpaired) electrons. The number of aromatic nitrogens is 1. The largest absolute Gasteiger partial charge is 0.497 e. The number of aromatic carboxylic acids is 1. The van der Waals surface area contributed by atoms with Gasteiger partial charge in [0.25, 0.3) is 0 Å². The lowest BCUT2D eigenvalue weighted by atomic mass is 10.1. The molecule has 1 aromatic heterocycles. The van der Waals surface area contributed by atoms with Crippen LogP contribution < -0.4 is 15.1 Å². The zero-order valence-corrected chi connectivity index (χ0v) is 15.1. The van der Waals surface area contributed by atoms with Gasteiger partial charge in [0, 0.05) is 32.3 Å². The van der Waals surface area contributed by atoms with E-state index in [4.69, 9.17) is 4.74 Å². The number of nitrogens with zero attached hydrogens (tertiary/aromatic N) is 2. The SMILES string of the molecule is CCN(CC)CCN(C)c1cc(OC)cc2c(=O)cc(C(=O)O)[nH]c12. The first-order valence-corrected chi connectivity index (χ1v) is 8.33. The third-order valence-electron chi connectivity index (χ3n) is 4.42. The van der Waals surface area contributed by atoms with Gasteiger partial charge in [0.05, 0.1) is 23.7 Å². The fourth-order valence-corrected chi connectivity index (χ4v) is 2.79. The number of benzene rings is 1. The van der Waals surface area contributed by atoms with E-state index < -0.39 is 5.97 Å². The lowest BCUT2D eigenvalue weighted by Crippen LogP contribution is -2.33. The van der Waals surface area contributed by atoms with Gasteiger partial charge in [-0.2, -0.15) is 0 Å². The average Bonchev–Trinajstić information content (AvgIpc) is 2.61. The minimum Gasteiger partial charge on any atom is -0.497 e. The van der Waals surface area contributed by atoms with Gasteiger partial charge in [-0.3, -0.25) is 4.79 Å². The Morgan fingerprint density at radius 1 is 1.20 bits per heavy atom. The number of carboxylic acid groups (broad SMARTS) is 1. The highest BCUT2D eigenvalue weighted by atomic mass is 16.5.